The van der Waals surface area contributed by atoms with Gasteiger partial charge in [-0.25, -0.2) is 0 Å². The number of nitrogens with zero attached hydrogens (tertiary/aromatic N) is 1. The van der Waals surface area contributed by atoms with Crippen LogP contribution in [-0.2, 0) is 6.61 Å². The first kappa shape index (κ1) is 22.1. The van der Waals surface area contributed by atoms with Gasteiger partial charge in [-0.1, -0.05) is 17.7 Å². The number of halogens is 1. The zero-order chi connectivity index (χ0) is 22.4. The Kier molecular flexibility index (Phi) is 7.10. The first-order valence-corrected chi connectivity index (χ1v) is 9.95. The fraction of sp³-hybridized carbons (Fsp3) is 0.174. The molecule has 0 bridgehead atoms. The summed E-state index contributed by atoms with van der Waals surface area (Å²) >= 11 is 6.06. The summed E-state index contributed by atoms with van der Waals surface area (Å²) in [4.78, 5) is 23.1. The van der Waals surface area contributed by atoms with Gasteiger partial charge in [0.05, 0.1) is 11.5 Å². The molecule has 160 valence electrons. The highest BCUT2D eigenvalue weighted by molar-refractivity contribution is 6.31. The largest absolute Gasteiger partial charge is 0.493 e. The van der Waals surface area contributed by atoms with Gasteiger partial charge in [0, 0.05) is 34.0 Å². The first-order chi connectivity index (χ1) is 14.9. The van der Waals surface area contributed by atoms with Crippen molar-refractivity contribution in [2.75, 3.05) is 11.9 Å². The average molecular weight is 441 g/mol. The van der Waals surface area contributed by atoms with Gasteiger partial charge in [-0.05, 0) is 61.9 Å². The highest BCUT2D eigenvalue weighted by Crippen LogP contribution is 2.26. The molecular formula is C23H21ClN2O5. The molecule has 0 spiro atoms. The van der Waals surface area contributed by atoms with Gasteiger partial charge < -0.3 is 14.8 Å². The van der Waals surface area contributed by atoms with E-state index in [1.807, 2.05) is 19.9 Å². The highest BCUT2D eigenvalue weighted by Gasteiger charge is 2.13. The van der Waals surface area contributed by atoms with E-state index in [1.54, 1.807) is 36.4 Å². The predicted octanol–water partition coefficient (Wildman–Crippen LogP) is 5.79. The lowest BCUT2D eigenvalue weighted by atomic mass is 10.1. The molecule has 0 aromatic heterocycles. The Balaban J connectivity index is 1.79. The number of anilines is 1. The third-order valence-corrected chi connectivity index (χ3v) is 4.89. The van der Waals surface area contributed by atoms with Crippen LogP contribution in [0.5, 0.6) is 11.5 Å². The van der Waals surface area contributed by atoms with Crippen LogP contribution in [-0.4, -0.2) is 17.4 Å². The molecule has 0 atom stereocenters. The van der Waals surface area contributed by atoms with Gasteiger partial charge in [0.2, 0.25) is 0 Å². The molecule has 0 aliphatic rings. The quantitative estimate of drug-likeness (QED) is 0.353. The van der Waals surface area contributed by atoms with Crippen molar-refractivity contribution >= 4 is 28.9 Å². The van der Waals surface area contributed by atoms with Crippen LogP contribution in [0.15, 0.2) is 60.7 Å². The van der Waals surface area contributed by atoms with Gasteiger partial charge in [-0.3, -0.25) is 14.9 Å². The smallest absolute Gasteiger partial charge is 0.271 e. The van der Waals surface area contributed by atoms with Crippen LogP contribution in [0, 0.1) is 17.0 Å². The molecule has 0 unspecified atom stereocenters. The number of nitrogens with one attached hydrogen (secondary N) is 1. The van der Waals surface area contributed by atoms with Gasteiger partial charge in [-0.15, -0.1) is 0 Å². The number of ether oxygens (including phenoxy) is 2. The summed E-state index contributed by atoms with van der Waals surface area (Å²) in [6, 6.07) is 16.2. The number of carbonyl (C=O) groups excluding carboxylic acids is 1. The van der Waals surface area contributed by atoms with E-state index in [0.29, 0.717) is 39.9 Å². The molecule has 0 saturated carbocycles. The Morgan fingerprint density at radius 3 is 2.61 bits per heavy atom. The van der Waals surface area contributed by atoms with Gasteiger partial charge >= 0.3 is 0 Å². The van der Waals surface area contributed by atoms with E-state index in [-0.39, 0.29) is 12.3 Å². The number of benzene rings is 3. The second kappa shape index (κ2) is 9.95. The number of hydrogen-bond acceptors (Lipinski definition) is 5. The van der Waals surface area contributed by atoms with Crippen molar-refractivity contribution in [1.29, 1.82) is 0 Å². The summed E-state index contributed by atoms with van der Waals surface area (Å²) in [5.41, 5.74) is 2.20. The van der Waals surface area contributed by atoms with Crippen molar-refractivity contribution in [1.82, 2.24) is 0 Å². The third-order valence-electron chi connectivity index (χ3n) is 4.46. The Labute approximate surface area is 184 Å². The van der Waals surface area contributed by atoms with Crippen LogP contribution in [0.1, 0.15) is 28.4 Å². The molecule has 7 nitrogen and oxygen atoms in total. The molecule has 0 radical (unpaired) electrons. The molecule has 0 aliphatic carbocycles. The standard InChI is InChI=1S/C23H21ClN2O5/c1-3-30-22-10-7-16(23(27)25-18-5-4-6-19(13-18)26(28)29)12-17(22)14-31-20-8-9-21(24)15(2)11-20/h4-13H,3,14H2,1-2H3,(H,25,27). The second-order valence-corrected chi connectivity index (χ2v) is 7.12. The molecule has 3 aromatic rings. The highest BCUT2D eigenvalue weighted by atomic mass is 35.5. The summed E-state index contributed by atoms with van der Waals surface area (Å²) in [5, 5.41) is 14.3. The normalized spacial score (nSPS) is 10.4. The van der Waals surface area contributed by atoms with Crippen LogP contribution >= 0.6 is 11.6 Å². The monoisotopic (exact) mass is 440 g/mol. The number of aryl methyl sites for hydroxylation is 1. The van der Waals surface area contributed by atoms with E-state index >= 15 is 0 Å². The van der Waals surface area contributed by atoms with Crippen molar-refractivity contribution in [3.05, 3.63) is 92.5 Å². The molecule has 3 aromatic carbocycles. The van der Waals surface area contributed by atoms with E-state index in [9.17, 15) is 14.9 Å². The number of carbonyl (C=O) groups is 1. The minimum absolute atomic E-state index is 0.100. The zero-order valence-electron chi connectivity index (χ0n) is 17.1. The number of non-ortho nitro benzene ring substituents is 1. The van der Waals surface area contributed by atoms with Gasteiger partial charge in [0.15, 0.2) is 0 Å². The minimum atomic E-state index is -0.513. The molecule has 8 heteroatoms. The fourth-order valence-electron chi connectivity index (χ4n) is 2.90. The molecule has 1 N–H and O–H groups in total. The van der Waals surface area contributed by atoms with E-state index in [2.05, 4.69) is 5.32 Å². The summed E-state index contributed by atoms with van der Waals surface area (Å²) < 4.78 is 11.5. The van der Waals surface area contributed by atoms with Crippen LogP contribution in [0.3, 0.4) is 0 Å². The van der Waals surface area contributed by atoms with Crippen molar-refractivity contribution in [2.24, 2.45) is 0 Å². The molecule has 0 saturated heterocycles. The van der Waals surface area contributed by atoms with Crippen molar-refractivity contribution in [2.45, 2.75) is 20.5 Å². The van der Waals surface area contributed by atoms with Crippen LogP contribution in [0.25, 0.3) is 0 Å². The average Bonchev–Trinajstić information content (AvgIpc) is 2.75. The van der Waals surface area contributed by atoms with Gasteiger partial charge in [0.25, 0.3) is 11.6 Å². The number of rotatable bonds is 8. The Morgan fingerprint density at radius 1 is 1.10 bits per heavy atom. The maximum Gasteiger partial charge on any atom is 0.271 e. The number of hydrogen-bond donors (Lipinski definition) is 1. The van der Waals surface area contributed by atoms with E-state index in [4.69, 9.17) is 21.1 Å². The second-order valence-electron chi connectivity index (χ2n) is 6.72. The lowest BCUT2D eigenvalue weighted by Gasteiger charge is -2.14. The number of amides is 1. The van der Waals surface area contributed by atoms with Gasteiger partial charge in [-0.2, -0.15) is 0 Å². The molecular weight excluding hydrogens is 420 g/mol. The first-order valence-electron chi connectivity index (χ1n) is 9.58. The van der Waals surface area contributed by atoms with Gasteiger partial charge in [0.1, 0.15) is 18.1 Å². The van der Waals surface area contributed by atoms with Crippen LogP contribution < -0.4 is 14.8 Å². The van der Waals surface area contributed by atoms with Crippen molar-refractivity contribution in [3.63, 3.8) is 0 Å². The topological polar surface area (TPSA) is 90.7 Å². The van der Waals surface area contributed by atoms with E-state index in [0.717, 1.165) is 5.56 Å². The maximum absolute atomic E-state index is 12.7. The molecule has 3 rings (SSSR count). The van der Waals surface area contributed by atoms with Crippen LogP contribution in [0.4, 0.5) is 11.4 Å². The Hall–Kier alpha value is -3.58. The molecule has 0 fully saturated rings. The summed E-state index contributed by atoms with van der Waals surface area (Å²) in [5.74, 6) is 0.864. The molecule has 0 aliphatic heterocycles. The Bertz CT molecular complexity index is 1120. The summed E-state index contributed by atoms with van der Waals surface area (Å²) in [6.45, 7) is 4.41. The lowest BCUT2D eigenvalue weighted by Crippen LogP contribution is -2.13. The van der Waals surface area contributed by atoms with Crippen LogP contribution in [0.2, 0.25) is 5.02 Å². The SMILES string of the molecule is CCOc1ccc(C(=O)Nc2cccc([N+](=O)[O-])c2)cc1COc1ccc(Cl)c(C)c1. The fourth-order valence-corrected chi connectivity index (χ4v) is 3.02. The third kappa shape index (κ3) is 5.73. The maximum atomic E-state index is 12.7. The molecule has 1 amide bonds. The van der Waals surface area contributed by atoms with E-state index < -0.39 is 10.8 Å². The number of nitro benzene ring substituents is 1. The Morgan fingerprint density at radius 2 is 1.90 bits per heavy atom. The van der Waals surface area contributed by atoms with E-state index in [1.165, 1.54) is 18.2 Å². The molecule has 0 heterocycles. The molecule has 31 heavy (non-hydrogen) atoms. The minimum Gasteiger partial charge on any atom is -0.493 e. The number of nitro groups is 1. The summed E-state index contributed by atoms with van der Waals surface area (Å²) in [7, 11) is 0. The van der Waals surface area contributed by atoms with Crippen molar-refractivity contribution in [3.8, 4) is 11.5 Å². The lowest BCUT2D eigenvalue weighted by molar-refractivity contribution is -0.384. The zero-order valence-corrected chi connectivity index (χ0v) is 17.8. The predicted molar refractivity (Wildman–Crippen MR) is 119 cm³/mol. The van der Waals surface area contributed by atoms with Crippen molar-refractivity contribution < 1.29 is 19.2 Å². The summed E-state index contributed by atoms with van der Waals surface area (Å²) in [6.07, 6.45) is 0.